The van der Waals surface area contributed by atoms with Crippen molar-refractivity contribution in [2.24, 2.45) is 0 Å². The first kappa shape index (κ1) is 12.9. The number of allylic oxidation sites excluding steroid dienone is 2. The Kier molecular flexibility index (Phi) is 4.61. The second kappa shape index (κ2) is 4.99. The smallest absolute Gasteiger partial charge is 0.267 e. The van der Waals surface area contributed by atoms with Gasteiger partial charge in [-0.05, 0) is 13.0 Å². The van der Waals surface area contributed by atoms with Crippen molar-refractivity contribution in [3.8, 4) is 0 Å². The molecule has 6 nitrogen and oxygen atoms in total. The molecule has 0 saturated heterocycles. The van der Waals surface area contributed by atoms with Crippen LogP contribution in [0.3, 0.4) is 0 Å². The molecule has 14 heavy (non-hydrogen) atoms. The van der Waals surface area contributed by atoms with Gasteiger partial charge in [-0.1, -0.05) is 6.08 Å². The molecule has 0 heterocycles. The quantitative estimate of drug-likeness (QED) is 0.349. The largest absolute Gasteiger partial charge is 0.384 e. The van der Waals surface area contributed by atoms with Gasteiger partial charge in [-0.15, -0.1) is 0 Å². The lowest BCUT2D eigenvalue weighted by Gasteiger charge is -2.03. The van der Waals surface area contributed by atoms with E-state index in [4.69, 9.17) is 9.66 Å². The van der Waals surface area contributed by atoms with Crippen molar-refractivity contribution in [2.75, 3.05) is 5.75 Å². The van der Waals surface area contributed by atoms with E-state index in [9.17, 15) is 18.0 Å². The lowest BCUT2D eigenvalue weighted by atomic mass is 10.1. The number of carbonyl (C=O) groups excluding carboxylic acids is 2. The second-order valence-electron chi connectivity index (χ2n) is 2.49. The van der Waals surface area contributed by atoms with Gasteiger partial charge in [-0.25, -0.2) is 0 Å². The van der Waals surface area contributed by atoms with E-state index in [1.165, 1.54) is 13.0 Å². The summed E-state index contributed by atoms with van der Waals surface area (Å²) in [6, 6.07) is 0. The number of aliphatic hydroxyl groups is 1. The summed E-state index contributed by atoms with van der Waals surface area (Å²) in [5.74, 6) is -3.45. The third-order valence-electron chi connectivity index (χ3n) is 1.23. The summed E-state index contributed by atoms with van der Waals surface area (Å²) in [4.78, 5) is 21.7. The Bertz CT molecular complexity index is 352. The number of Topliss-reactive ketones (excluding diaryl/α,β-unsaturated/α-hetero) is 1. The minimum atomic E-state index is -4.46. The molecule has 0 rings (SSSR count). The van der Waals surface area contributed by atoms with Crippen molar-refractivity contribution in [3.63, 3.8) is 0 Å². The zero-order chi connectivity index (χ0) is 11.4. The Morgan fingerprint density at radius 1 is 1.43 bits per heavy atom. The highest BCUT2D eigenvalue weighted by Crippen LogP contribution is 1.94. The third-order valence-corrected chi connectivity index (χ3v) is 1.97. The van der Waals surface area contributed by atoms with Crippen LogP contribution in [-0.2, 0) is 19.7 Å². The number of aliphatic hydroxyl groups excluding tert-OH is 1. The van der Waals surface area contributed by atoms with Gasteiger partial charge in [0.2, 0.25) is 11.6 Å². The molecule has 80 valence electrons. The molecule has 0 aliphatic carbocycles. The Balaban J connectivity index is 4.49. The maximum absolute atomic E-state index is 10.9. The lowest BCUT2D eigenvalue weighted by molar-refractivity contribution is -0.138. The Labute approximate surface area is 81.0 Å². The standard InChI is InChI=1S/C7H10O6S/c1-2-3-5(8)7(10)6(9)4-14(11,12)13/h2-3,6,9H,4H2,1H3,(H,11,12,13). The van der Waals surface area contributed by atoms with E-state index in [1.54, 1.807) is 0 Å². The molecule has 0 aromatic rings. The van der Waals surface area contributed by atoms with Crippen LogP contribution < -0.4 is 0 Å². The van der Waals surface area contributed by atoms with E-state index in [0.717, 1.165) is 6.08 Å². The predicted molar refractivity (Wildman–Crippen MR) is 47.3 cm³/mol. The van der Waals surface area contributed by atoms with E-state index in [-0.39, 0.29) is 0 Å². The molecule has 0 fully saturated rings. The van der Waals surface area contributed by atoms with E-state index >= 15 is 0 Å². The summed E-state index contributed by atoms with van der Waals surface area (Å²) < 4.78 is 28.8. The summed E-state index contributed by atoms with van der Waals surface area (Å²) in [6.07, 6.45) is 0.157. The second-order valence-corrected chi connectivity index (χ2v) is 3.99. The van der Waals surface area contributed by atoms with Crippen molar-refractivity contribution in [2.45, 2.75) is 13.0 Å². The summed E-state index contributed by atoms with van der Waals surface area (Å²) >= 11 is 0. The fraction of sp³-hybridized carbons (Fsp3) is 0.429. The summed E-state index contributed by atoms with van der Waals surface area (Å²) in [5, 5.41) is 8.91. The van der Waals surface area contributed by atoms with Crippen LogP contribution in [0.1, 0.15) is 6.92 Å². The number of carbonyl (C=O) groups is 2. The van der Waals surface area contributed by atoms with Crippen LogP contribution >= 0.6 is 0 Å². The summed E-state index contributed by atoms with van der Waals surface area (Å²) in [7, 11) is -4.46. The first-order valence-corrected chi connectivity index (χ1v) is 5.23. The van der Waals surface area contributed by atoms with Crippen molar-refractivity contribution in [1.29, 1.82) is 0 Å². The average Bonchev–Trinajstić information content (AvgIpc) is 2.00. The monoisotopic (exact) mass is 222 g/mol. The maximum atomic E-state index is 10.9. The van der Waals surface area contributed by atoms with Gasteiger partial charge in [0, 0.05) is 0 Å². The number of hydrogen-bond donors (Lipinski definition) is 2. The van der Waals surface area contributed by atoms with Gasteiger partial charge in [0.15, 0.2) is 0 Å². The molecule has 1 unspecified atom stereocenters. The Morgan fingerprint density at radius 3 is 2.29 bits per heavy atom. The molecule has 0 radical (unpaired) electrons. The normalized spacial score (nSPS) is 14.2. The van der Waals surface area contributed by atoms with Gasteiger partial charge in [0.1, 0.15) is 11.9 Å². The van der Waals surface area contributed by atoms with Crippen LogP contribution in [0.25, 0.3) is 0 Å². The fourth-order valence-electron chi connectivity index (χ4n) is 0.673. The SMILES string of the molecule is CC=CC(=O)C(=O)C(O)CS(=O)(=O)O. The first-order chi connectivity index (χ1) is 6.28. The highest BCUT2D eigenvalue weighted by atomic mass is 32.2. The van der Waals surface area contributed by atoms with Gasteiger partial charge in [-0.3, -0.25) is 14.1 Å². The van der Waals surface area contributed by atoms with Gasteiger partial charge in [0.05, 0.1) is 0 Å². The summed E-state index contributed by atoms with van der Waals surface area (Å²) in [6.45, 7) is 1.49. The lowest BCUT2D eigenvalue weighted by Crippen LogP contribution is -2.33. The molecule has 0 amide bonds. The molecule has 1 atom stereocenters. The Hall–Kier alpha value is -1.05. The van der Waals surface area contributed by atoms with Gasteiger partial charge in [-0.2, -0.15) is 8.42 Å². The van der Waals surface area contributed by atoms with E-state index in [0.29, 0.717) is 0 Å². The molecule has 0 aromatic heterocycles. The van der Waals surface area contributed by atoms with Gasteiger partial charge >= 0.3 is 0 Å². The molecule has 0 spiro atoms. The molecule has 0 aliphatic rings. The molecular weight excluding hydrogens is 212 g/mol. The number of rotatable bonds is 5. The van der Waals surface area contributed by atoms with Crippen LogP contribution in [-0.4, -0.2) is 41.5 Å². The van der Waals surface area contributed by atoms with Crippen LogP contribution in [0.4, 0.5) is 0 Å². The van der Waals surface area contributed by atoms with Crippen LogP contribution in [0, 0.1) is 0 Å². The maximum Gasteiger partial charge on any atom is 0.267 e. The molecular formula is C7H10O6S. The molecule has 0 aromatic carbocycles. The molecule has 2 N–H and O–H groups in total. The topological polar surface area (TPSA) is 109 Å². The van der Waals surface area contributed by atoms with Crippen LogP contribution in [0.2, 0.25) is 0 Å². The van der Waals surface area contributed by atoms with Crippen LogP contribution in [0.5, 0.6) is 0 Å². The van der Waals surface area contributed by atoms with Gasteiger partial charge < -0.3 is 5.11 Å². The molecule has 0 saturated carbocycles. The highest BCUT2D eigenvalue weighted by molar-refractivity contribution is 7.85. The van der Waals surface area contributed by atoms with Crippen molar-refractivity contribution < 1.29 is 27.7 Å². The minimum absolute atomic E-state index is 0.898. The van der Waals surface area contributed by atoms with Gasteiger partial charge in [0.25, 0.3) is 10.1 Å². The predicted octanol–water partition coefficient (Wildman–Crippen LogP) is -1.05. The van der Waals surface area contributed by atoms with Crippen molar-refractivity contribution >= 4 is 21.7 Å². The van der Waals surface area contributed by atoms with E-state index in [1.807, 2.05) is 0 Å². The van der Waals surface area contributed by atoms with E-state index < -0.39 is 33.5 Å². The van der Waals surface area contributed by atoms with Crippen molar-refractivity contribution in [1.82, 2.24) is 0 Å². The third kappa shape index (κ3) is 4.85. The first-order valence-electron chi connectivity index (χ1n) is 3.62. The molecule has 7 heteroatoms. The summed E-state index contributed by atoms with van der Waals surface area (Å²) in [5.41, 5.74) is 0. The number of ketones is 2. The highest BCUT2D eigenvalue weighted by Gasteiger charge is 2.25. The zero-order valence-corrected chi connectivity index (χ0v) is 8.19. The minimum Gasteiger partial charge on any atom is -0.384 e. The average molecular weight is 222 g/mol. The van der Waals surface area contributed by atoms with E-state index in [2.05, 4.69) is 0 Å². The fourth-order valence-corrected chi connectivity index (χ4v) is 1.22. The van der Waals surface area contributed by atoms with Crippen LogP contribution in [0.15, 0.2) is 12.2 Å². The number of hydrogen-bond acceptors (Lipinski definition) is 5. The zero-order valence-electron chi connectivity index (χ0n) is 7.37. The van der Waals surface area contributed by atoms with Crippen molar-refractivity contribution in [3.05, 3.63) is 12.2 Å². The Morgan fingerprint density at radius 2 is 1.93 bits per heavy atom. The molecule has 0 bridgehead atoms. The molecule has 0 aliphatic heterocycles.